The Morgan fingerprint density at radius 1 is 1.10 bits per heavy atom. The van der Waals surface area contributed by atoms with Gasteiger partial charge in [-0.1, -0.05) is 18.0 Å². The summed E-state index contributed by atoms with van der Waals surface area (Å²) in [5.41, 5.74) is 11.3. The molecule has 0 bridgehead atoms. The van der Waals surface area contributed by atoms with Gasteiger partial charge in [-0.25, -0.2) is 0 Å². The fourth-order valence-corrected chi connectivity index (χ4v) is 4.45. The largest absolute Gasteiger partial charge is 0.491 e. The first-order valence-corrected chi connectivity index (χ1v) is 11.8. The van der Waals surface area contributed by atoms with E-state index in [4.69, 9.17) is 27.3 Å². The highest BCUT2D eigenvalue weighted by atomic mass is 79.9. The molecule has 174 valence electrons. The number of rotatable bonds is 16. The number of nitrogens with two attached hydrogens (primary N) is 3. The second-order valence-corrected chi connectivity index (χ2v) is 8.74. The van der Waals surface area contributed by atoms with Gasteiger partial charge in [-0.3, -0.25) is 4.79 Å². The molecule has 0 fully saturated rings. The van der Waals surface area contributed by atoms with E-state index in [1.54, 1.807) is 18.5 Å². The number of hydrogen-bond acceptors (Lipinski definition) is 7. The quantitative estimate of drug-likeness (QED) is 0.0605. The molecule has 0 atom stereocenters. The van der Waals surface area contributed by atoms with Gasteiger partial charge in [0.25, 0.3) is 5.91 Å². The van der Waals surface area contributed by atoms with Crippen LogP contribution in [0.25, 0.3) is 0 Å². The van der Waals surface area contributed by atoms with E-state index in [0.29, 0.717) is 12.4 Å². The van der Waals surface area contributed by atoms with E-state index in [1.165, 1.54) is 0 Å². The van der Waals surface area contributed by atoms with Gasteiger partial charge < -0.3 is 32.2 Å². The first-order chi connectivity index (χ1) is 14.9. The smallest absolute Gasteiger partial charge is 0.266 e. The van der Waals surface area contributed by atoms with E-state index < -0.39 is 5.91 Å². The third-order valence-electron chi connectivity index (χ3n) is 4.55. The molecule has 0 saturated carbocycles. The minimum Gasteiger partial charge on any atom is -0.491 e. The highest BCUT2D eigenvalue weighted by Gasteiger charge is 2.14. The molecule has 9 nitrogen and oxygen atoms in total. The van der Waals surface area contributed by atoms with E-state index in [2.05, 4.69) is 47.0 Å². The van der Waals surface area contributed by atoms with Crippen LogP contribution in [0.5, 0.6) is 5.75 Å². The Morgan fingerprint density at radius 3 is 2.26 bits per heavy atom. The Bertz CT molecular complexity index is 723. The van der Waals surface area contributed by atoms with Gasteiger partial charge in [0.2, 0.25) is 0 Å². The van der Waals surface area contributed by atoms with Crippen LogP contribution in [-0.4, -0.2) is 54.3 Å². The summed E-state index contributed by atoms with van der Waals surface area (Å²) in [6, 6.07) is 3.61. The highest BCUT2D eigenvalue weighted by molar-refractivity contribution is 9.11. The van der Waals surface area contributed by atoms with Crippen molar-refractivity contribution < 1.29 is 14.7 Å². The zero-order chi connectivity index (χ0) is 23.1. The highest BCUT2D eigenvalue weighted by Crippen LogP contribution is 2.35. The summed E-state index contributed by atoms with van der Waals surface area (Å²) in [6.45, 7) is 3.08. The molecule has 1 amide bonds. The Morgan fingerprint density at radius 2 is 1.71 bits per heavy atom. The number of unbranched alkanes of at least 4 members (excludes halogenated alkanes) is 4. The van der Waals surface area contributed by atoms with Gasteiger partial charge in [-0.05, 0) is 81.8 Å². The second-order valence-electron chi connectivity index (χ2n) is 7.04. The molecule has 1 rings (SSSR count). The van der Waals surface area contributed by atoms with Crippen molar-refractivity contribution >= 4 is 49.8 Å². The van der Waals surface area contributed by atoms with E-state index in [1.807, 2.05) is 0 Å². The number of oxime groups is 1. The fraction of sp³-hybridized carbons (Fsp3) is 0.550. The molecular formula is C20H32Br2N6O3. The monoisotopic (exact) mass is 562 g/mol. The second kappa shape index (κ2) is 15.9. The summed E-state index contributed by atoms with van der Waals surface area (Å²) in [5, 5.41) is 15.5. The van der Waals surface area contributed by atoms with Crippen LogP contribution in [0.2, 0.25) is 0 Å². The van der Waals surface area contributed by atoms with Crippen molar-refractivity contribution in [1.29, 1.82) is 0 Å². The molecule has 0 aromatic heterocycles. The van der Waals surface area contributed by atoms with Crippen molar-refractivity contribution in [2.45, 2.75) is 44.9 Å². The van der Waals surface area contributed by atoms with Gasteiger partial charge in [0.1, 0.15) is 17.8 Å². The molecule has 0 aliphatic heterocycles. The molecule has 0 heterocycles. The molecule has 11 heteroatoms. The van der Waals surface area contributed by atoms with Gasteiger partial charge >= 0.3 is 0 Å². The van der Waals surface area contributed by atoms with Gasteiger partial charge in [-0.15, -0.1) is 0 Å². The summed E-state index contributed by atoms with van der Waals surface area (Å²) in [5.74, 6) is 5.23. The predicted molar refractivity (Wildman–Crippen MR) is 130 cm³/mol. The van der Waals surface area contributed by atoms with Gasteiger partial charge in [-0.2, -0.15) is 5.10 Å². The lowest BCUT2D eigenvalue weighted by atomic mass is 10.1. The zero-order valence-electron chi connectivity index (χ0n) is 17.6. The third kappa shape index (κ3) is 10.8. The average molecular weight is 564 g/mol. The van der Waals surface area contributed by atoms with Gasteiger partial charge in [0, 0.05) is 19.5 Å². The van der Waals surface area contributed by atoms with Crippen LogP contribution in [0.3, 0.4) is 0 Å². The molecule has 1 aromatic rings. The van der Waals surface area contributed by atoms with Crippen LogP contribution in [-0.2, 0) is 11.2 Å². The molecule has 0 radical (unpaired) electrons. The number of carbonyl (C=O) groups is 1. The molecule has 0 spiro atoms. The number of hydrazone groups is 1. The lowest BCUT2D eigenvalue weighted by Gasteiger charge is -2.19. The maximum atomic E-state index is 11.2. The lowest BCUT2D eigenvalue weighted by molar-refractivity contribution is -0.112. The first kappa shape index (κ1) is 27.2. The van der Waals surface area contributed by atoms with Crippen LogP contribution in [0.1, 0.15) is 44.1 Å². The number of carbonyl (C=O) groups excluding carboxylic acids is 1. The van der Waals surface area contributed by atoms with Crippen molar-refractivity contribution in [2.24, 2.45) is 27.6 Å². The van der Waals surface area contributed by atoms with Gasteiger partial charge in [0.15, 0.2) is 0 Å². The number of nitrogens with zero attached hydrogens (tertiary/aromatic N) is 3. The normalized spacial score (nSPS) is 11.8. The van der Waals surface area contributed by atoms with Gasteiger partial charge in [0.05, 0.1) is 15.6 Å². The van der Waals surface area contributed by atoms with Crippen LogP contribution in [0, 0.1) is 0 Å². The summed E-state index contributed by atoms with van der Waals surface area (Å²) in [7, 11) is 0. The lowest BCUT2D eigenvalue weighted by Crippen LogP contribution is -2.25. The van der Waals surface area contributed by atoms with E-state index >= 15 is 0 Å². The van der Waals surface area contributed by atoms with Crippen LogP contribution >= 0.6 is 31.9 Å². The zero-order valence-corrected chi connectivity index (χ0v) is 20.8. The Kier molecular flexibility index (Phi) is 13.9. The summed E-state index contributed by atoms with van der Waals surface area (Å²) in [4.78, 5) is 13.4. The number of halogens is 2. The molecule has 1 aromatic carbocycles. The molecule has 0 aliphatic rings. The molecule has 31 heavy (non-hydrogen) atoms. The Balaban J connectivity index is 2.46. The Hall–Kier alpha value is -1.85. The number of hydrogen-bond donors (Lipinski definition) is 4. The van der Waals surface area contributed by atoms with Crippen LogP contribution in [0.4, 0.5) is 0 Å². The van der Waals surface area contributed by atoms with E-state index in [0.717, 1.165) is 72.7 Å². The third-order valence-corrected chi connectivity index (χ3v) is 5.73. The number of primary amides is 1. The fourth-order valence-electron chi connectivity index (χ4n) is 2.94. The van der Waals surface area contributed by atoms with E-state index in [-0.39, 0.29) is 12.1 Å². The molecular weight excluding hydrogens is 532 g/mol. The first-order valence-electron chi connectivity index (χ1n) is 10.2. The molecule has 0 aliphatic carbocycles. The maximum absolute atomic E-state index is 11.2. The van der Waals surface area contributed by atoms with Crippen molar-refractivity contribution in [1.82, 2.24) is 4.90 Å². The molecule has 7 N–H and O–H groups in total. The molecule has 0 saturated heterocycles. The summed E-state index contributed by atoms with van der Waals surface area (Å²) in [6.07, 6.45) is 8.07. The number of benzene rings is 1. The van der Waals surface area contributed by atoms with Crippen molar-refractivity contribution in [2.75, 3.05) is 26.2 Å². The van der Waals surface area contributed by atoms with Crippen molar-refractivity contribution in [3.05, 3.63) is 26.6 Å². The van der Waals surface area contributed by atoms with E-state index in [9.17, 15) is 4.79 Å². The summed E-state index contributed by atoms with van der Waals surface area (Å²) >= 11 is 6.97. The number of amides is 1. The maximum Gasteiger partial charge on any atom is 0.266 e. The van der Waals surface area contributed by atoms with Crippen molar-refractivity contribution in [3.63, 3.8) is 0 Å². The number of ether oxygens (including phenoxy) is 1. The summed E-state index contributed by atoms with van der Waals surface area (Å²) < 4.78 is 7.37. The Labute approximate surface area is 200 Å². The minimum atomic E-state index is -0.764. The standard InChI is InChI=1S/C20H32Br2N6O3/c21-16-11-15(13-18(27-30)20(24)29)12-17(22)19(16)31-10-6-5-9-28(14-26-25)8-4-2-1-3-7-23/h11-12,14,30H,1-10,13,23,25H2,(H2,24,29)/b26-14+,27-18-. The van der Waals surface area contributed by atoms with Crippen molar-refractivity contribution in [3.8, 4) is 5.75 Å². The molecule has 0 unspecified atom stereocenters. The average Bonchev–Trinajstić information content (AvgIpc) is 2.72. The van der Waals surface area contributed by atoms with Crippen LogP contribution in [0.15, 0.2) is 31.3 Å². The predicted octanol–water partition coefficient (Wildman–Crippen LogP) is 2.95. The topological polar surface area (TPSA) is 153 Å². The SMILES string of the molecule is NCCCCCCN(/C=N/N)CCCCOc1c(Br)cc(C/C(=N/O)C(N)=O)cc1Br. The minimum absolute atomic E-state index is 0.113. The van der Waals surface area contributed by atoms with Crippen LogP contribution < -0.4 is 22.0 Å².